The third-order valence-corrected chi connectivity index (χ3v) is 6.54. The number of rotatable bonds is 4. The summed E-state index contributed by atoms with van der Waals surface area (Å²) < 4.78 is 7.40. The Morgan fingerprint density at radius 2 is 2.16 bits per heavy atom. The molecule has 25 heavy (non-hydrogen) atoms. The summed E-state index contributed by atoms with van der Waals surface area (Å²) in [6, 6.07) is 14.2. The Morgan fingerprint density at radius 3 is 3.00 bits per heavy atom. The molecule has 3 aromatic rings. The molecule has 0 fully saturated rings. The van der Waals surface area contributed by atoms with E-state index in [0.717, 1.165) is 28.6 Å². The Kier molecular flexibility index (Phi) is 4.63. The average Bonchev–Trinajstić information content (AvgIpc) is 3.08. The van der Waals surface area contributed by atoms with Gasteiger partial charge in [0, 0.05) is 13.1 Å². The Morgan fingerprint density at radius 1 is 1.28 bits per heavy atom. The maximum atomic E-state index is 12.6. The van der Waals surface area contributed by atoms with Crippen molar-refractivity contribution < 1.29 is 9.53 Å². The summed E-state index contributed by atoms with van der Waals surface area (Å²) in [5, 5.41) is 0. The van der Waals surface area contributed by atoms with Crippen LogP contribution in [0.1, 0.15) is 11.1 Å². The number of nitrogens with zero attached hydrogens (tertiary/aromatic N) is 2. The molecule has 0 atom stereocenters. The van der Waals surface area contributed by atoms with Gasteiger partial charge >= 0.3 is 0 Å². The van der Waals surface area contributed by atoms with E-state index < -0.39 is 0 Å². The molecule has 1 aromatic heterocycles. The highest BCUT2D eigenvalue weighted by atomic mass is 32.2. The van der Waals surface area contributed by atoms with Gasteiger partial charge in [-0.25, -0.2) is 4.98 Å². The third kappa shape index (κ3) is 3.50. The topological polar surface area (TPSA) is 42.4 Å². The molecule has 4 rings (SSSR count). The average molecular weight is 370 g/mol. The van der Waals surface area contributed by atoms with E-state index in [2.05, 4.69) is 23.2 Å². The van der Waals surface area contributed by atoms with Crippen LogP contribution in [0.5, 0.6) is 5.75 Å². The van der Waals surface area contributed by atoms with Crippen molar-refractivity contribution in [1.29, 1.82) is 0 Å². The number of carbonyl (C=O) groups is 1. The van der Waals surface area contributed by atoms with Gasteiger partial charge < -0.3 is 9.64 Å². The third-order valence-electron chi connectivity index (χ3n) is 4.37. The van der Waals surface area contributed by atoms with Crippen molar-refractivity contribution in [3.05, 3.63) is 53.6 Å². The van der Waals surface area contributed by atoms with Gasteiger partial charge in [0.05, 0.1) is 23.1 Å². The summed E-state index contributed by atoms with van der Waals surface area (Å²) in [6.45, 7) is 1.44. The minimum Gasteiger partial charge on any atom is -0.497 e. The fourth-order valence-corrected chi connectivity index (χ4v) is 4.97. The first-order chi connectivity index (χ1) is 12.2. The minimum absolute atomic E-state index is 0.172. The van der Waals surface area contributed by atoms with E-state index in [9.17, 15) is 4.79 Å². The quantitative estimate of drug-likeness (QED) is 0.652. The lowest BCUT2D eigenvalue weighted by molar-refractivity contribution is -0.129. The maximum absolute atomic E-state index is 12.6. The lowest BCUT2D eigenvalue weighted by atomic mass is 9.99. The highest BCUT2D eigenvalue weighted by Crippen LogP contribution is 2.30. The summed E-state index contributed by atoms with van der Waals surface area (Å²) in [5.74, 6) is 1.49. The second-order valence-corrected chi connectivity index (χ2v) is 8.19. The molecular weight excluding hydrogens is 352 g/mol. The number of amides is 1. The molecule has 0 bridgehead atoms. The van der Waals surface area contributed by atoms with E-state index in [-0.39, 0.29) is 5.91 Å². The molecule has 1 aliphatic rings. The lowest BCUT2D eigenvalue weighted by Crippen LogP contribution is -2.37. The van der Waals surface area contributed by atoms with Gasteiger partial charge in [0.25, 0.3) is 0 Å². The molecule has 0 saturated carbocycles. The first-order valence-electron chi connectivity index (χ1n) is 8.15. The van der Waals surface area contributed by atoms with E-state index in [0.29, 0.717) is 12.3 Å². The summed E-state index contributed by atoms with van der Waals surface area (Å²) in [6.07, 6.45) is 0.879. The van der Waals surface area contributed by atoms with Crippen molar-refractivity contribution in [3.63, 3.8) is 0 Å². The van der Waals surface area contributed by atoms with Crippen LogP contribution in [0, 0.1) is 0 Å². The number of ether oxygens (including phenoxy) is 1. The van der Waals surface area contributed by atoms with E-state index in [1.165, 1.54) is 27.6 Å². The molecule has 2 aromatic carbocycles. The van der Waals surface area contributed by atoms with Gasteiger partial charge in [-0.1, -0.05) is 30.0 Å². The highest BCUT2D eigenvalue weighted by Gasteiger charge is 2.21. The number of thiazole rings is 1. The Balaban J connectivity index is 1.39. The first kappa shape index (κ1) is 16.4. The Hall–Kier alpha value is -2.05. The lowest BCUT2D eigenvalue weighted by Gasteiger charge is -2.29. The molecule has 0 unspecified atom stereocenters. The normalized spacial score (nSPS) is 13.7. The van der Waals surface area contributed by atoms with Crippen molar-refractivity contribution in [2.75, 3.05) is 19.4 Å². The van der Waals surface area contributed by atoms with Crippen molar-refractivity contribution in [2.24, 2.45) is 0 Å². The largest absolute Gasteiger partial charge is 0.497 e. The molecular formula is C19H18N2O2S2. The van der Waals surface area contributed by atoms with E-state index in [4.69, 9.17) is 4.74 Å². The van der Waals surface area contributed by atoms with Gasteiger partial charge in [-0.15, -0.1) is 11.3 Å². The molecule has 0 N–H and O–H groups in total. The highest BCUT2D eigenvalue weighted by molar-refractivity contribution is 8.01. The van der Waals surface area contributed by atoms with Crippen molar-refractivity contribution in [1.82, 2.24) is 9.88 Å². The molecule has 0 spiro atoms. The summed E-state index contributed by atoms with van der Waals surface area (Å²) in [4.78, 5) is 19.1. The summed E-state index contributed by atoms with van der Waals surface area (Å²) >= 11 is 3.18. The smallest absolute Gasteiger partial charge is 0.233 e. The van der Waals surface area contributed by atoms with Crippen LogP contribution in [0.25, 0.3) is 10.2 Å². The Bertz CT molecular complexity index is 890. The Labute approximate surface area is 154 Å². The molecule has 128 valence electrons. The van der Waals surface area contributed by atoms with Crippen LogP contribution in [0.4, 0.5) is 0 Å². The van der Waals surface area contributed by atoms with E-state index in [1.54, 1.807) is 18.4 Å². The van der Waals surface area contributed by atoms with Crippen molar-refractivity contribution in [2.45, 2.75) is 17.3 Å². The SMILES string of the molecule is COc1ccc2c(c1)CCN(C(=O)CSc1nc3ccccc3s1)C2. The number of hydrogen-bond acceptors (Lipinski definition) is 5. The number of methoxy groups -OCH3 is 1. The number of benzene rings is 2. The maximum Gasteiger partial charge on any atom is 0.233 e. The zero-order valence-corrected chi connectivity index (χ0v) is 15.5. The predicted molar refractivity (Wildman–Crippen MR) is 102 cm³/mol. The van der Waals surface area contributed by atoms with Crippen LogP contribution in [-0.2, 0) is 17.8 Å². The van der Waals surface area contributed by atoms with Crippen LogP contribution in [0.15, 0.2) is 46.8 Å². The van der Waals surface area contributed by atoms with Crippen LogP contribution in [-0.4, -0.2) is 35.2 Å². The van der Waals surface area contributed by atoms with E-state index in [1.807, 2.05) is 29.2 Å². The zero-order valence-electron chi connectivity index (χ0n) is 13.9. The molecule has 0 saturated heterocycles. The van der Waals surface area contributed by atoms with Gasteiger partial charge in [0.2, 0.25) is 5.91 Å². The van der Waals surface area contributed by atoms with Crippen LogP contribution >= 0.6 is 23.1 Å². The second-order valence-electron chi connectivity index (χ2n) is 5.94. The van der Waals surface area contributed by atoms with Gasteiger partial charge in [-0.3, -0.25) is 4.79 Å². The zero-order chi connectivity index (χ0) is 17.2. The molecule has 0 radical (unpaired) electrons. The van der Waals surface area contributed by atoms with Crippen molar-refractivity contribution >= 4 is 39.2 Å². The van der Waals surface area contributed by atoms with Gasteiger partial charge in [0.15, 0.2) is 4.34 Å². The van der Waals surface area contributed by atoms with E-state index >= 15 is 0 Å². The summed E-state index contributed by atoms with van der Waals surface area (Å²) in [5.41, 5.74) is 3.50. The molecule has 0 aliphatic carbocycles. The monoisotopic (exact) mass is 370 g/mol. The number of fused-ring (bicyclic) bond motifs is 2. The van der Waals surface area contributed by atoms with Gasteiger partial charge in [-0.2, -0.15) is 0 Å². The number of para-hydroxylation sites is 1. The van der Waals surface area contributed by atoms with Crippen LogP contribution in [0.3, 0.4) is 0 Å². The summed E-state index contributed by atoms with van der Waals surface area (Å²) in [7, 11) is 1.68. The molecule has 2 heterocycles. The second kappa shape index (κ2) is 7.06. The number of hydrogen-bond donors (Lipinski definition) is 0. The first-order valence-corrected chi connectivity index (χ1v) is 9.95. The van der Waals surface area contributed by atoms with Gasteiger partial charge in [-0.05, 0) is 41.8 Å². The fraction of sp³-hybridized carbons (Fsp3) is 0.263. The van der Waals surface area contributed by atoms with Crippen LogP contribution < -0.4 is 4.74 Å². The molecule has 1 amide bonds. The molecule has 4 nitrogen and oxygen atoms in total. The van der Waals surface area contributed by atoms with Gasteiger partial charge in [0.1, 0.15) is 5.75 Å². The predicted octanol–water partition coefficient (Wildman–Crippen LogP) is 3.98. The number of carbonyl (C=O) groups excluding carboxylic acids is 1. The minimum atomic E-state index is 0.172. The standard InChI is InChI=1S/C19H18N2O2S2/c1-23-15-7-6-14-11-21(9-8-13(14)10-15)18(22)12-24-19-20-16-4-2-3-5-17(16)25-19/h2-7,10H,8-9,11-12H2,1H3. The number of thioether (sulfide) groups is 1. The fourth-order valence-electron chi connectivity index (χ4n) is 3.00. The van der Waals surface area contributed by atoms with Crippen molar-refractivity contribution in [3.8, 4) is 5.75 Å². The molecule has 1 aliphatic heterocycles. The molecule has 6 heteroatoms. The van der Waals surface area contributed by atoms with Crippen LogP contribution in [0.2, 0.25) is 0 Å². The number of aromatic nitrogens is 1.